The second-order valence-corrected chi connectivity index (χ2v) is 7.61. The normalized spacial score (nSPS) is 13.4. The molecule has 2 atom stereocenters. The van der Waals surface area contributed by atoms with Crippen LogP contribution in [0.25, 0.3) is 0 Å². The van der Waals surface area contributed by atoms with E-state index in [1.165, 1.54) is 31.6 Å². The highest BCUT2D eigenvalue weighted by Gasteiger charge is 2.30. The Kier molecular flexibility index (Phi) is 8.21. The number of hydrogen-bond donors (Lipinski definition) is 2. The second-order valence-electron chi connectivity index (χ2n) is 7.61. The maximum atomic E-state index is 12.8. The lowest BCUT2D eigenvalue weighted by Gasteiger charge is -2.27. The van der Waals surface area contributed by atoms with Gasteiger partial charge in [-0.1, -0.05) is 34.1 Å². The third kappa shape index (κ3) is 7.64. The molecule has 0 aromatic carbocycles. The molecule has 0 saturated heterocycles. The minimum atomic E-state index is -0.832. The summed E-state index contributed by atoms with van der Waals surface area (Å²) in [6.45, 7) is 7.75. The molecule has 1 aromatic heterocycles. The van der Waals surface area contributed by atoms with Gasteiger partial charge in [0.05, 0.1) is 12.7 Å². The molecule has 0 spiro atoms. The molecule has 0 aliphatic carbocycles. The largest absolute Gasteiger partial charge is 0.619 e. The quantitative estimate of drug-likeness (QED) is 0.402. The van der Waals surface area contributed by atoms with Gasteiger partial charge in [0.25, 0.3) is 5.91 Å². The molecule has 0 radical (unpaired) electrons. The van der Waals surface area contributed by atoms with Crippen LogP contribution >= 0.6 is 0 Å². The number of pyridine rings is 1. The van der Waals surface area contributed by atoms with Gasteiger partial charge in [0.2, 0.25) is 5.91 Å². The van der Waals surface area contributed by atoms with E-state index in [-0.39, 0.29) is 11.0 Å². The predicted molar refractivity (Wildman–Crippen MR) is 99.6 cm³/mol. The zero-order chi connectivity index (χ0) is 20.6. The Morgan fingerprint density at radius 1 is 1.15 bits per heavy atom. The van der Waals surface area contributed by atoms with Gasteiger partial charge in [-0.3, -0.25) is 9.59 Å². The summed E-state index contributed by atoms with van der Waals surface area (Å²) in [5.74, 6) is -1.43. The Balaban J connectivity index is 2.94. The highest BCUT2D eigenvalue weighted by Crippen LogP contribution is 2.21. The minimum absolute atomic E-state index is 0.241. The van der Waals surface area contributed by atoms with Crippen molar-refractivity contribution in [3.05, 3.63) is 35.3 Å². The molecular formula is C19H29N3O5. The van der Waals surface area contributed by atoms with Crippen LogP contribution in [0, 0.1) is 10.6 Å². The van der Waals surface area contributed by atoms with Crippen molar-refractivity contribution in [1.82, 2.24) is 10.6 Å². The molecule has 0 unspecified atom stereocenters. The first-order valence-corrected chi connectivity index (χ1v) is 8.95. The predicted octanol–water partition coefficient (Wildman–Crippen LogP) is 1.31. The van der Waals surface area contributed by atoms with Gasteiger partial charge in [0.15, 0.2) is 12.4 Å². The molecule has 1 rings (SSSR count). The molecular weight excluding hydrogens is 350 g/mol. The van der Waals surface area contributed by atoms with Crippen molar-refractivity contribution in [2.75, 3.05) is 7.11 Å². The first-order valence-electron chi connectivity index (χ1n) is 8.95. The summed E-state index contributed by atoms with van der Waals surface area (Å²) < 4.78 is 5.31. The molecule has 0 bridgehead atoms. The van der Waals surface area contributed by atoms with E-state index in [2.05, 4.69) is 10.6 Å². The van der Waals surface area contributed by atoms with Crippen LogP contribution in [0.5, 0.6) is 0 Å². The summed E-state index contributed by atoms with van der Waals surface area (Å²) in [5, 5.41) is 16.5. The Morgan fingerprint density at radius 2 is 1.74 bits per heavy atom. The average molecular weight is 379 g/mol. The molecule has 1 heterocycles. The average Bonchev–Trinajstić information content (AvgIpc) is 2.59. The van der Waals surface area contributed by atoms with Crippen LogP contribution in [-0.2, 0) is 14.3 Å². The topological polar surface area (TPSA) is 111 Å². The highest BCUT2D eigenvalue weighted by atomic mass is 16.5. The first-order chi connectivity index (χ1) is 12.6. The molecule has 2 N–H and O–H groups in total. The molecule has 2 amide bonds. The second kappa shape index (κ2) is 9.89. The summed E-state index contributed by atoms with van der Waals surface area (Å²) in [5.41, 5.74) is 0.0297. The number of esters is 1. The SMILES string of the molecule is CCC[C@H](NC(=O)[C@H](CC(C)(C)C)NC(=O)c1cc[n+]([O-])cc1)C(=O)OC. The number of amides is 2. The van der Waals surface area contributed by atoms with Gasteiger partial charge in [0.1, 0.15) is 12.1 Å². The lowest BCUT2D eigenvalue weighted by Crippen LogP contribution is -2.52. The molecule has 27 heavy (non-hydrogen) atoms. The molecule has 0 saturated carbocycles. The van der Waals surface area contributed by atoms with Crippen molar-refractivity contribution in [2.24, 2.45) is 5.41 Å². The monoisotopic (exact) mass is 379 g/mol. The van der Waals surface area contributed by atoms with Crippen LogP contribution < -0.4 is 15.4 Å². The number of ether oxygens (including phenoxy) is 1. The fraction of sp³-hybridized carbons (Fsp3) is 0.579. The summed E-state index contributed by atoms with van der Waals surface area (Å²) in [6, 6.07) is 1.16. The molecule has 0 aliphatic rings. The van der Waals surface area contributed by atoms with E-state index in [1.807, 2.05) is 27.7 Å². The summed E-state index contributed by atoms with van der Waals surface area (Å²) >= 11 is 0. The van der Waals surface area contributed by atoms with Crippen LogP contribution in [0.4, 0.5) is 0 Å². The standard InChI is InChI=1S/C19H29N3O5/c1-6-7-14(18(25)27-5)20-17(24)15(12-19(2,3)4)21-16(23)13-8-10-22(26)11-9-13/h8-11,14-15H,6-7,12H2,1-5H3,(H,20,24)(H,21,23)/t14-,15-/m0/s1. The Morgan fingerprint density at radius 3 is 2.22 bits per heavy atom. The van der Waals surface area contributed by atoms with Gasteiger partial charge < -0.3 is 20.6 Å². The smallest absolute Gasteiger partial charge is 0.328 e. The lowest BCUT2D eigenvalue weighted by atomic mass is 9.87. The van der Waals surface area contributed by atoms with E-state index in [0.717, 1.165) is 0 Å². The van der Waals surface area contributed by atoms with Crippen molar-refractivity contribution in [3.63, 3.8) is 0 Å². The number of carbonyl (C=O) groups excluding carboxylic acids is 3. The number of hydrogen-bond acceptors (Lipinski definition) is 5. The summed E-state index contributed by atoms with van der Waals surface area (Å²) in [4.78, 5) is 37.1. The van der Waals surface area contributed by atoms with Crippen molar-refractivity contribution in [3.8, 4) is 0 Å². The molecule has 0 fully saturated rings. The Hall–Kier alpha value is -2.64. The van der Waals surface area contributed by atoms with Gasteiger partial charge in [0, 0.05) is 12.1 Å². The van der Waals surface area contributed by atoms with Crippen LogP contribution in [0.1, 0.15) is 57.3 Å². The van der Waals surface area contributed by atoms with E-state index in [4.69, 9.17) is 4.74 Å². The van der Waals surface area contributed by atoms with Crippen LogP contribution in [0.3, 0.4) is 0 Å². The Labute approximate surface area is 159 Å². The third-order valence-electron chi connectivity index (χ3n) is 3.88. The van der Waals surface area contributed by atoms with Gasteiger partial charge >= 0.3 is 5.97 Å². The minimum Gasteiger partial charge on any atom is -0.619 e. The molecule has 8 heteroatoms. The van der Waals surface area contributed by atoms with Crippen LogP contribution in [0.2, 0.25) is 0 Å². The Bertz CT molecular complexity index is 652. The molecule has 0 aliphatic heterocycles. The van der Waals surface area contributed by atoms with E-state index in [0.29, 0.717) is 24.0 Å². The van der Waals surface area contributed by atoms with Gasteiger partial charge in [-0.05, 0) is 18.3 Å². The summed E-state index contributed by atoms with van der Waals surface area (Å²) in [7, 11) is 1.27. The maximum absolute atomic E-state index is 12.8. The van der Waals surface area contributed by atoms with E-state index < -0.39 is 29.9 Å². The van der Waals surface area contributed by atoms with Crippen molar-refractivity contribution >= 4 is 17.8 Å². The number of carbonyl (C=O) groups is 3. The zero-order valence-electron chi connectivity index (χ0n) is 16.6. The number of aromatic nitrogens is 1. The van der Waals surface area contributed by atoms with Gasteiger partial charge in [-0.15, -0.1) is 0 Å². The van der Waals surface area contributed by atoms with E-state index in [9.17, 15) is 19.6 Å². The number of methoxy groups -OCH3 is 1. The number of nitrogens with one attached hydrogen (secondary N) is 2. The van der Waals surface area contributed by atoms with Crippen molar-refractivity contribution in [2.45, 2.75) is 59.0 Å². The van der Waals surface area contributed by atoms with Gasteiger partial charge in [-0.25, -0.2) is 4.79 Å². The molecule has 1 aromatic rings. The van der Waals surface area contributed by atoms with Crippen LogP contribution in [-0.4, -0.2) is 37.0 Å². The number of nitrogens with zero attached hydrogens (tertiary/aromatic N) is 1. The summed E-state index contributed by atoms with van der Waals surface area (Å²) in [6.07, 6.45) is 3.93. The van der Waals surface area contributed by atoms with E-state index in [1.54, 1.807) is 0 Å². The van der Waals surface area contributed by atoms with Crippen molar-refractivity contribution < 1.29 is 23.9 Å². The molecule has 8 nitrogen and oxygen atoms in total. The lowest BCUT2D eigenvalue weighted by molar-refractivity contribution is -0.605. The van der Waals surface area contributed by atoms with Crippen molar-refractivity contribution in [1.29, 1.82) is 0 Å². The van der Waals surface area contributed by atoms with Gasteiger partial charge in [-0.2, -0.15) is 4.73 Å². The maximum Gasteiger partial charge on any atom is 0.328 e. The number of rotatable bonds is 8. The van der Waals surface area contributed by atoms with E-state index >= 15 is 0 Å². The fourth-order valence-electron chi connectivity index (χ4n) is 2.58. The van der Waals surface area contributed by atoms with Crippen LogP contribution in [0.15, 0.2) is 24.5 Å². The third-order valence-corrected chi connectivity index (χ3v) is 3.88. The highest BCUT2D eigenvalue weighted by molar-refractivity contribution is 5.98. The zero-order valence-corrected chi connectivity index (χ0v) is 16.6. The fourth-order valence-corrected chi connectivity index (χ4v) is 2.58. The molecule has 150 valence electrons. The first kappa shape index (κ1) is 22.4.